The number of carbonyl (C=O) groups excluding carboxylic acids is 2. The number of rotatable bonds is 16. The van der Waals surface area contributed by atoms with Crippen LogP contribution in [0.5, 0.6) is 0 Å². The lowest BCUT2D eigenvalue weighted by molar-refractivity contribution is -0.842. The number of amides is 2. The largest absolute Gasteiger partial charge is 0.419 e. The Kier molecular flexibility index (Phi) is 11.9. The molecule has 9 heteroatoms. The molecule has 1 aromatic rings. The van der Waals surface area contributed by atoms with Gasteiger partial charge in [0, 0.05) is 19.1 Å². The molecule has 8 nitrogen and oxygen atoms in total. The van der Waals surface area contributed by atoms with E-state index in [2.05, 4.69) is 51.4 Å². The zero-order valence-electron chi connectivity index (χ0n) is 24.8. The van der Waals surface area contributed by atoms with Crippen LogP contribution in [0.4, 0.5) is 0 Å². The third-order valence-electron chi connectivity index (χ3n) is 8.50. The lowest BCUT2D eigenvalue weighted by Gasteiger charge is -2.44. The number of imide groups is 1. The Labute approximate surface area is 237 Å². The summed E-state index contributed by atoms with van der Waals surface area (Å²) in [6.45, 7) is 21.5. The molecule has 1 saturated heterocycles. The lowest BCUT2D eigenvalue weighted by Crippen LogP contribution is -2.51. The van der Waals surface area contributed by atoms with E-state index in [0.717, 1.165) is 51.6 Å². The van der Waals surface area contributed by atoms with Gasteiger partial charge < -0.3 is 4.85 Å². The molecular weight excluding hydrogens is 511 g/mol. The lowest BCUT2D eigenvalue weighted by atomic mass is 10.1. The van der Waals surface area contributed by atoms with E-state index in [1.807, 2.05) is 0 Å². The Balaban J connectivity index is 1.46. The van der Waals surface area contributed by atoms with Crippen molar-refractivity contribution in [2.75, 3.05) is 39.8 Å². The summed E-state index contributed by atoms with van der Waals surface area (Å²) >= 11 is 0. The summed E-state index contributed by atoms with van der Waals surface area (Å²) in [5.41, 5.74) is 1.06. The monoisotopic (exact) mass is 559 g/mol. The molecule has 0 aliphatic carbocycles. The minimum Gasteiger partial charge on any atom is -0.314 e. The van der Waals surface area contributed by atoms with Crippen molar-refractivity contribution < 1.29 is 22.9 Å². The molecule has 0 radical (unpaired) electrons. The van der Waals surface area contributed by atoms with Gasteiger partial charge in [0.25, 0.3) is 11.8 Å². The summed E-state index contributed by atoms with van der Waals surface area (Å²) in [4.78, 5) is 32.5. The van der Waals surface area contributed by atoms with Crippen LogP contribution in [0.2, 0.25) is 0 Å². The Morgan fingerprint density at radius 3 is 2.15 bits per heavy atom. The van der Waals surface area contributed by atoms with Crippen molar-refractivity contribution in [3.05, 3.63) is 46.8 Å². The van der Waals surface area contributed by atoms with Gasteiger partial charge in [-0.2, -0.15) is 0 Å². The Morgan fingerprint density at radius 2 is 1.62 bits per heavy atom. The molecule has 216 valence electrons. The zero-order valence-corrected chi connectivity index (χ0v) is 25.7. The standard InChI is InChI=1S/C30H48N4O4P/c1-8-25-21-26(38-39(37-20-17-31-6)34(7,23(2)3)24(4)5)22-32(25)18-13-9-10-14-19-33-29(35)27-15-11-12-16-28(27)30(33)36/h11-12,15-16,23-26H,8-10,13-14,17-22H2,1-5,7H3/q+1/t25-,26-,39?/m1/s1. The molecule has 39 heavy (non-hydrogen) atoms. The second kappa shape index (κ2) is 14.7. The molecule has 2 amide bonds. The molecule has 0 N–H and O–H groups in total. The zero-order chi connectivity index (χ0) is 28.6. The molecule has 0 bridgehead atoms. The predicted molar refractivity (Wildman–Crippen MR) is 156 cm³/mol. The summed E-state index contributed by atoms with van der Waals surface area (Å²) < 4.78 is 13.7. The molecule has 2 heterocycles. The first-order chi connectivity index (χ1) is 18.6. The maximum atomic E-state index is 12.6. The highest BCUT2D eigenvalue weighted by molar-refractivity contribution is 7.40. The summed E-state index contributed by atoms with van der Waals surface area (Å²) in [7, 11) is 1.03. The smallest absolute Gasteiger partial charge is 0.314 e. The molecule has 3 rings (SSSR count). The second-order valence-electron chi connectivity index (χ2n) is 11.5. The third kappa shape index (κ3) is 7.45. The highest BCUT2D eigenvalue weighted by atomic mass is 31.2. The van der Waals surface area contributed by atoms with Crippen molar-refractivity contribution in [3.63, 3.8) is 0 Å². The van der Waals surface area contributed by atoms with Gasteiger partial charge in [-0.25, -0.2) is 6.57 Å². The van der Waals surface area contributed by atoms with Gasteiger partial charge in [0.2, 0.25) is 6.54 Å². The van der Waals surface area contributed by atoms with Crippen LogP contribution in [0.1, 0.15) is 93.9 Å². The summed E-state index contributed by atoms with van der Waals surface area (Å²) in [5, 5.41) is 0. The molecule has 1 unspecified atom stereocenters. The van der Waals surface area contributed by atoms with Crippen LogP contribution in [-0.2, 0) is 9.05 Å². The minimum atomic E-state index is -1.19. The van der Waals surface area contributed by atoms with Gasteiger partial charge in [-0.3, -0.25) is 32.7 Å². The molecule has 0 spiro atoms. The average molecular weight is 560 g/mol. The Morgan fingerprint density at radius 1 is 1.03 bits per heavy atom. The molecule has 1 fully saturated rings. The van der Waals surface area contributed by atoms with Gasteiger partial charge >= 0.3 is 8.53 Å². The first kappa shape index (κ1) is 31.6. The van der Waals surface area contributed by atoms with Crippen molar-refractivity contribution in [2.24, 2.45) is 0 Å². The SMILES string of the molecule is [C-]#[N+]CCOP(O[C@@H]1C[C@@H](CC)N(CCCCCCN2C(=O)c3ccccc3C2=O)C1)[N+](C)(C(C)C)C(C)C. The number of quaternary nitrogens is 1. The number of carbonyl (C=O) groups is 2. The summed E-state index contributed by atoms with van der Waals surface area (Å²) in [6.07, 6.45) is 6.24. The van der Waals surface area contributed by atoms with Crippen molar-refractivity contribution >= 4 is 20.3 Å². The van der Waals surface area contributed by atoms with E-state index in [-0.39, 0.29) is 17.9 Å². The molecule has 2 aliphatic rings. The number of benzene rings is 1. The van der Waals surface area contributed by atoms with E-state index in [0.29, 0.717) is 53.2 Å². The number of fused-ring (bicyclic) bond motifs is 1. The van der Waals surface area contributed by atoms with E-state index >= 15 is 0 Å². The number of hydrogen-bond acceptors (Lipinski definition) is 5. The molecule has 1 aromatic carbocycles. The number of unbranched alkanes of at least 4 members (excludes halogenated alkanes) is 3. The van der Waals surface area contributed by atoms with Crippen molar-refractivity contribution in [2.45, 2.75) is 97.4 Å². The first-order valence-corrected chi connectivity index (χ1v) is 15.8. The fourth-order valence-electron chi connectivity index (χ4n) is 5.62. The average Bonchev–Trinajstić information content (AvgIpc) is 3.42. The van der Waals surface area contributed by atoms with E-state index in [9.17, 15) is 9.59 Å². The third-order valence-corrected chi connectivity index (χ3v) is 11.0. The summed E-state index contributed by atoms with van der Waals surface area (Å²) in [5.74, 6) is -0.320. The van der Waals surface area contributed by atoms with Gasteiger partial charge in [0.05, 0.1) is 36.4 Å². The van der Waals surface area contributed by atoms with E-state index in [1.54, 1.807) is 24.3 Å². The Bertz CT molecular complexity index is 968. The molecular formula is C30H48N4O4P+. The van der Waals surface area contributed by atoms with Crippen molar-refractivity contribution in [1.29, 1.82) is 0 Å². The van der Waals surface area contributed by atoms with Crippen LogP contribution in [0.3, 0.4) is 0 Å². The number of likely N-dealkylation sites (tertiary alicyclic amines) is 1. The van der Waals surface area contributed by atoms with Crippen LogP contribution >= 0.6 is 8.53 Å². The van der Waals surface area contributed by atoms with Gasteiger partial charge in [-0.15, -0.1) is 0 Å². The Hall–Kier alpha value is -1.88. The quantitative estimate of drug-likeness (QED) is 0.105. The molecule has 3 atom stereocenters. The molecule has 2 aliphatic heterocycles. The fourth-order valence-corrected chi connectivity index (χ4v) is 7.53. The maximum Gasteiger partial charge on any atom is 0.419 e. The van der Waals surface area contributed by atoms with Crippen LogP contribution in [0.25, 0.3) is 4.85 Å². The first-order valence-electron chi connectivity index (χ1n) is 14.6. The van der Waals surface area contributed by atoms with Crippen LogP contribution < -0.4 is 0 Å². The van der Waals surface area contributed by atoms with Gasteiger partial charge in [-0.1, -0.05) is 31.9 Å². The van der Waals surface area contributed by atoms with Crippen LogP contribution in [0.15, 0.2) is 24.3 Å². The number of nitrogens with zero attached hydrogens (tertiary/aromatic N) is 4. The molecule has 0 saturated carbocycles. The van der Waals surface area contributed by atoms with E-state index in [1.165, 1.54) is 4.90 Å². The predicted octanol–water partition coefficient (Wildman–Crippen LogP) is 6.14. The summed E-state index contributed by atoms with van der Waals surface area (Å²) in [6, 6.07) is 8.29. The van der Waals surface area contributed by atoms with Gasteiger partial charge in [-0.05, 0) is 72.1 Å². The highest BCUT2D eigenvalue weighted by Gasteiger charge is 2.46. The van der Waals surface area contributed by atoms with E-state index in [4.69, 9.17) is 15.6 Å². The van der Waals surface area contributed by atoms with Crippen molar-refractivity contribution in [3.8, 4) is 0 Å². The molecule has 0 aromatic heterocycles. The van der Waals surface area contributed by atoms with Crippen molar-refractivity contribution in [1.82, 2.24) is 9.80 Å². The van der Waals surface area contributed by atoms with Gasteiger partial charge in [0.1, 0.15) is 6.61 Å². The highest BCUT2D eigenvalue weighted by Crippen LogP contribution is 2.54. The fraction of sp³-hybridized carbons (Fsp3) is 0.700. The van der Waals surface area contributed by atoms with Crippen LogP contribution in [-0.4, -0.2) is 89.9 Å². The van der Waals surface area contributed by atoms with Gasteiger partial charge in [0.15, 0.2) is 0 Å². The maximum absolute atomic E-state index is 12.6. The normalized spacial score (nSPS) is 20.7. The topological polar surface area (TPSA) is 63.4 Å². The van der Waals surface area contributed by atoms with E-state index < -0.39 is 8.53 Å². The second-order valence-corrected chi connectivity index (χ2v) is 13.3. The van der Waals surface area contributed by atoms with Crippen LogP contribution in [0, 0.1) is 6.57 Å². The number of hydrogen-bond donors (Lipinski definition) is 0. The minimum absolute atomic E-state index is 0.137.